The van der Waals surface area contributed by atoms with Gasteiger partial charge in [0.25, 0.3) is 5.69 Å². The largest absolute Gasteiger partial charge is 0.317 e. The number of nitrogens with zero attached hydrogens (tertiary/aromatic N) is 2. The average molecular weight is 298 g/mol. The number of aryl methyl sites for hydroxylation is 2. The highest BCUT2D eigenvalue weighted by molar-refractivity contribution is 5.99. The maximum absolute atomic E-state index is 12.2. The molecule has 1 atom stereocenters. The molecule has 114 valence electrons. The van der Waals surface area contributed by atoms with Crippen LogP contribution in [0.15, 0.2) is 24.3 Å². The van der Waals surface area contributed by atoms with Gasteiger partial charge in [0, 0.05) is 40.7 Å². The molecule has 0 fully saturated rings. The minimum atomic E-state index is -0.372. The highest BCUT2D eigenvalue weighted by Gasteiger charge is 2.27. The zero-order valence-corrected chi connectivity index (χ0v) is 12.9. The first-order valence-electron chi connectivity index (χ1n) is 7.38. The van der Waals surface area contributed by atoms with Crippen LogP contribution in [-0.4, -0.2) is 15.3 Å². The van der Waals surface area contributed by atoms with Gasteiger partial charge < -0.3 is 4.57 Å². The fourth-order valence-electron chi connectivity index (χ4n) is 3.30. The van der Waals surface area contributed by atoms with Gasteiger partial charge in [0.05, 0.1) is 4.92 Å². The fraction of sp³-hybridized carbons (Fsp3) is 0.353. The van der Waals surface area contributed by atoms with E-state index in [1.165, 1.54) is 6.07 Å². The van der Waals surface area contributed by atoms with E-state index in [0.29, 0.717) is 17.9 Å². The van der Waals surface area contributed by atoms with Crippen molar-refractivity contribution >= 4 is 11.5 Å². The molecule has 0 aliphatic heterocycles. The lowest BCUT2D eigenvalue weighted by molar-refractivity contribution is -0.385. The summed E-state index contributed by atoms with van der Waals surface area (Å²) in [6, 6.07) is 7.03. The van der Waals surface area contributed by atoms with Gasteiger partial charge in [-0.3, -0.25) is 14.9 Å². The van der Waals surface area contributed by atoms with Gasteiger partial charge in [-0.15, -0.1) is 0 Å². The molecule has 1 aliphatic rings. The molecule has 1 heterocycles. The number of ketones is 1. The summed E-state index contributed by atoms with van der Waals surface area (Å²) in [5.41, 5.74) is 4.43. The Labute approximate surface area is 128 Å². The van der Waals surface area contributed by atoms with Crippen LogP contribution >= 0.6 is 0 Å². The normalized spacial score (nSPS) is 17.4. The molecular weight excluding hydrogens is 280 g/mol. The number of nitro benzene ring substituents is 1. The van der Waals surface area contributed by atoms with E-state index in [9.17, 15) is 14.9 Å². The Morgan fingerprint density at radius 2 is 1.95 bits per heavy atom. The molecule has 0 N–H and O–H groups in total. The van der Waals surface area contributed by atoms with Crippen molar-refractivity contribution in [2.45, 2.75) is 33.6 Å². The number of hydrogen-bond donors (Lipinski definition) is 0. The van der Waals surface area contributed by atoms with Crippen LogP contribution in [0.25, 0.3) is 5.69 Å². The third-order valence-electron chi connectivity index (χ3n) is 4.30. The topological polar surface area (TPSA) is 65.1 Å². The maximum Gasteiger partial charge on any atom is 0.272 e. The van der Waals surface area contributed by atoms with E-state index in [1.807, 2.05) is 19.1 Å². The lowest BCUT2D eigenvalue weighted by Gasteiger charge is -2.21. The van der Waals surface area contributed by atoms with E-state index < -0.39 is 0 Å². The summed E-state index contributed by atoms with van der Waals surface area (Å²) >= 11 is 0. The molecule has 1 aromatic carbocycles. The predicted molar refractivity (Wildman–Crippen MR) is 83.7 cm³/mol. The Bertz CT molecular complexity index is 789. The average Bonchev–Trinajstić information content (AvgIpc) is 2.74. The first-order valence-corrected chi connectivity index (χ1v) is 7.38. The Hall–Kier alpha value is -2.43. The number of benzene rings is 1. The molecule has 5 heteroatoms. The van der Waals surface area contributed by atoms with Crippen molar-refractivity contribution in [3.63, 3.8) is 0 Å². The summed E-state index contributed by atoms with van der Waals surface area (Å²) in [7, 11) is 0. The summed E-state index contributed by atoms with van der Waals surface area (Å²) in [6.45, 7) is 5.78. The van der Waals surface area contributed by atoms with Gasteiger partial charge in [-0.05, 0) is 44.4 Å². The summed E-state index contributed by atoms with van der Waals surface area (Å²) in [5, 5.41) is 11.0. The minimum absolute atomic E-state index is 0.117. The summed E-state index contributed by atoms with van der Waals surface area (Å²) in [6.07, 6.45) is 1.45. The van der Waals surface area contributed by atoms with Crippen molar-refractivity contribution in [3.05, 3.63) is 56.9 Å². The van der Waals surface area contributed by atoms with Crippen LogP contribution < -0.4 is 0 Å². The molecule has 1 aliphatic carbocycles. The Morgan fingerprint density at radius 3 is 2.59 bits per heavy atom. The van der Waals surface area contributed by atoms with Crippen LogP contribution in [0, 0.1) is 29.9 Å². The second-order valence-electron chi connectivity index (χ2n) is 6.15. The molecule has 0 saturated carbocycles. The van der Waals surface area contributed by atoms with Gasteiger partial charge in [0.1, 0.15) is 0 Å². The molecule has 1 aromatic heterocycles. The van der Waals surface area contributed by atoms with E-state index in [0.717, 1.165) is 29.1 Å². The first-order chi connectivity index (χ1) is 10.4. The van der Waals surface area contributed by atoms with E-state index in [1.54, 1.807) is 13.0 Å². The number of nitro groups is 1. The molecule has 0 amide bonds. The zero-order chi connectivity index (χ0) is 16.0. The van der Waals surface area contributed by atoms with Crippen LogP contribution in [0.1, 0.15) is 40.7 Å². The molecule has 22 heavy (non-hydrogen) atoms. The van der Waals surface area contributed by atoms with Gasteiger partial charge in [0.15, 0.2) is 5.78 Å². The second-order valence-corrected chi connectivity index (χ2v) is 6.15. The highest BCUT2D eigenvalue weighted by atomic mass is 16.6. The fourth-order valence-corrected chi connectivity index (χ4v) is 3.30. The molecule has 0 unspecified atom stereocenters. The summed E-state index contributed by atoms with van der Waals surface area (Å²) in [5.74, 6) is 0.515. The Kier molecular flexibility index (Phi) is 3.35. The van der Waals surface area contributed by atoms with Crippen LogP contribution in [0.5, 0.6) is 0 Å². The quantitative estimate of drug-likeness (QED) is 0.626. The summed E-state index contributed by atoms with van der Waals surface area (Å²) in [4.78, 5) is 22.8. The number of carbonyl (C=O) groups excluding carboxylic acids is 1. The maximum atomic E-state index is 12.2. The number of hydrogen-bond acceptors (Lipinski definition) is 3. The molecular formula is C17H18N2O3. The molecule has 3 rings (SSSR count). The standard InChI is InChI=1S/C17H18N2O3/c1-10-6-16-14(17(20)7-10)9-12(3)18(16)13-4-5-15(19(21)22)11(2)8-13/h4-5,8-10H,6-7H2,1-3H3/t10-/m0/s1. The van der Waals surface area contributed by atoms with Crippen molar-refractivity contribution in [2.24, 2.45) is 5.92 Å². The lowest BCUT2D eigenvalue weighted by Crippen LogP contribution is -2.19. The smallest absolute Gasteiger partial charge is 0.272 e. The number of rotatable bonds is 2. The molecule has 0 radical (unpaired) electrons. The second kappa shape index (κ2) is 5.09. The number of fused-ring (bicyclic) bond motifs is 1. The van der Waals surface area contributed by atoms with Crippen molar-refractivity contribution in [1.29, 1.82) is 0 Å². The van der Waals surface area contributed by atoms with Gasteiger partial charge >= 0.3 is 0 Å². The molecule has 0 saturated heterocycles. The van der Waals surface area contributed by atoms with Crippen molar-refractivity contribution < 1.29 is 9.72 Å². The van der Waals surface area contributed by atoms with Crippen LogP contribution in [0.4, 0.5) is 5.69 Å². The van der Waals surface area contributed by atoms with Gasteiger partial charge in [0.2, 0.25) is 0 Å². The van der Waals surface area contributed by atoms with Gasteiger partial charge in [-0.2, -0.15) is 0 Å². The van der Waals surface area contributed by atoms with Gasteiger partial charge in [-0.25, -0.2) is 0 Å². The molecule has 2 aromatic rings. The zero-order valence-electron chi connectivity index (χ0n) is 12.9. The highest BCUT2D eigenvalue weighted by Crippen LogP contribution is 2.31. The van der Waals surface area contributed by atoms with Crippen LogP contribution in [-0.2, 0) is 6.42 Å². The van der Waals surface area contributed by atoms with Crippen molar-refractivity contribution in [3.8, 4) is 5.69 Å². The third-order valence-corrected chi connectivity index (χ3v) is 4.30. The van der Waals surface area contributed by atoms with Crippen molar-refractivity contribution in [2.75, 3.05) is 0 Å². The third kappa shape index (κ3) is 2.22. The van der Waals surface area contributed by atoms with Gasteiger partial charge in [-0.1, -0.05) is 6.92 Å². The summed E-state index contributed by atoms with van der Waals surface area (Å²) < 4.78 is 2.06. The molecule has 0 spiro atoms. The van der Waals surface area contributed by atoms with E-state index in [2.05, 4.69) is 11.5 Å². The Morgan fingerprint density at radius 1 is 1.23 bits per heavy atom. The minimum Gasteiger partial charge on any atom is -0.317 e. The van der Waals surface area contributed by atoms with E-state index >= 15 is 0 Å². The number of aromatic nitrogens is 1. The first kappa shape index (κ1) is 14.5. The van der Waals surface area contributed by atoms with E-state index in [-0.39, 0.29) is 16.4 Å². The molecule has 0 bridgehead atoms. The van der Waals surface area contributed by atoms with Crippen LogP contribution in [0.2, 0.25) is 0 Å². The molecule has 5 nitrogen and oxygen atoms in total. The van der Waals surface area contributed by atoms with E-state index in [4.69, 9.17) is 0 Å². The number of carbonyl (C=O) groups is 1. The SMILES string of the molecule is Cc1cc(-n2c(C)cc3c2C[C@H](C)CC3=O)ccc1[N+](=O)[O-]. The van der Waals surface area contributed by atoms with Crippen molar-refractivity contribution in [1.82, 2.24) is 4.57 Å². The van der Waals surface area contributed by atoms with Crippen LogP contribution in [0.3, 0.4) is 0 Å². The predicted octanol–water partition coefficient (Wildman–Crippen LogP) is 3.77. The number of Topliss-reactive ketones (excluding diaryl/α,β-unsaturated/α-hetero) is 1. The monoisotopic (exact) mass is 298 g/mol. The lowest BCUT2D eigenvalue weighted by atomic mass is 9.88. The Balaban J connectivity index is 2.16.